The summed E-state index contributed by atoms with van der Waals surface area (Å²) < 4.78 is 10.6. The molecule has 0 aromatic carbocycles. The van der Waals surface area contributed by atoms with E-state index >= 15 is 0 Å². The molecule has 2 aliphatic heterocycles. The van der Waals surface area contributed by atoms with Crippen molar-refractivity contribution in [3.05, 3.63) is 24.0 Å². The molecule has 2 aliphatic rings. The van der Waals surface area contributed by atoms with Gasteiger partial charge in [-0.15, -0.1) is 0 Å². The Bertz CT molecular complexity index is 546. The number of nitrogens with zero attached hydrogens (tertiary/aromatic N) is 3. The van der Waals surface area contributed by atoms with E-state index in [1.807, 2.05) is 4.90 Å². The molecule has 6 nitrogen and oxygen atoms in total. The molecule has 6 heteroatoms. The van der Waals surface area contributed by atoms with Crippen LogP contribution in [0, 0.1) is 5.92 Å². The van der Waals surface area contributed by atoms with Crippen molar-refractivity contribution in [2.24, 2.45) is 5.92 Å². The van der Waals surface area contributed by atoms with Crippen LogP contribution in [0.4, 0.5) is 0 Å². The molecule has 23 heavy (non-hydrogen) atoms. The van der Waals surface area contributed by atoms with Crippen molar-refractivity contribution in [3.8, 4) is 5.75 Å². The van der Waals surface area contributed by atoms with Gasteiger partial charge in [0.05, 0.1) is 20.3 Å². The van der Waals surface area contributed by atoms with E-state index in [9.17, 15) is 4.79 Å². The van der Waals surface area contributed by atoms with Crippen molar-refractivity contribution < 1.29 is 14.3 Å². The quantitative estimate of drug-likeness (QED) is 0.837. The number of pyridine rings is 1. The lowest BCUT2D eigenvalue weighted by atomic mass is 9.99. The molecule has 3 heterocycles. The highest BCUT2D eigenvalue weighted by molar-refractivity contribution is 5.92. The third-order valence-electron chi connectivity index (χ3n) is 4.92. The summed E-state index contributed by atoms with van der Waals surface area (Å²) >= 11 is 0. The molecule has 2 fully saturated rings. The smallest absolute Gasteiger partial charge is 0.272 e. The van der Waals surface area contributed by atoms with Gasteiger partial charge in [-0.05, 0) is 12.0 Å². The largest absolute Gasteiger partial charge is 0.497 e. The summed E-state index contributed by atoms with van der Waals surface area (Å²) in [4.78, 5) is 21.4. The number of morpholine rings is 1. The fourth-order valence-corrected chi connectivity index (χ4v) is 3.56. The molecular weight excluding hydrogens is 294 g/mol. The Morgan fingerprint density at radius 3 is 2.87 bits per heavy atom. The second kappa shape index (κ2) is 7.27. The van der Waals surface area contributed by atoms with Crippen LogP contribution in [0.1, 0.15) is 23.8 Å². The second-order valence-corrected chi connectivity index (χ2v) is 6.18. The van der Waals surface area contributed by atoms with Crippen LogP contribution in [0.15, 0.2) is 18.3 Å². The van der Waals surface area contributed by atoms with E-state index < -0.39 is 0 Å². The van der Waals surface area contributed by atoms with E-state index in [4.69, 9.17) is 9.47 Å². The number of likely N-dealkylation sites (tertiary alicyclic amines) is 1. The van der Waals surface area contributed by atoms with Crippen LogP contribution in [-0.2, 0) is 4.74 Å². The van der Waals surface area contributed by atoms with Crippen molar-refractivity contribution in [2.45, 2.75) is 19.4 Å². The Labute approximate surface area is 137 Å². The molecule has 0 radical (unpaired) electrons. The lowest BCUT2D eigenvalue weighted by Gasteiger charge is -2.34. The van der Waals surface area contributed by atoms with Gasteiger partial charge in [-0.3, -0.25) is 14.7 Å². The van der Waals surface area contributed by atoms with Crippen LogP contribution in [0.2, 0.25) is 0 Å². The maximum Gasteiger partial charge on any atom is 0.272 e. The molecule has 2 atom stereocenters. The molecule has 0 spiro atoms. The average molecular weight is 319 g/mol. The van der Waals surface area contributed by atoms with E-state index in [0.717, 1.165) is 45.8 Å². The summed E-state index contributed by atoms with van der Waals surface area (Å²) in [5.74, 6) is 1.18. The third-order valence-corrected chi connectivity index (χ3v) is 4.92. The normalized spacial score (nSPS) is 25.6. The number of rotatable bonds is 4. The van der Waals surface area contributed by atoms with Crippen molar-refractivity contribution in [2.75, 3.05) is 46.5 Å². The van der Waals surface area contributed by atoms with Crippen LogP contribution in [0.3, 0.4) is 0 Å². The van der Waals surface area contributed by atoms with Crippen molar-refractivity contribution in [1.82, 2.24) is 14.8 Å². The number of hydrogen-bond donors (Lipinski definition) is 0. The van der Waals surface area contributed by atoms with E-state index in [1.165, 1.54) is 0 Å². The first-order chi connectivity index (χ1) is 11.2. The zero-order valence-electron chi connectivity index (χ0n) is 13.9. The highest BCUT2D eigenvalue weighted by atomic mass is 16.5. The van der Waals surface area contributed by atoms with E-state index in [0.29, 0.717) is 23.4 Å². The SMILES string of the molecule is CC[C@H]1CN(C(=O)c2cc(OC)ccn2)C[C@H]1N1CCOCC1. The maximum absolute atomic E-state index is 12.8. The molecule has 0 N–H and O–H groups in total. The molecule has 0 bridgehead atoms. The summed E-state index contributed by atoms with van der Waals surface area (Å²) in [6.07, 6.45) is 2.70. The van der Waals surface area contributed by atoms with Crippen molar-refractivity contribution >= 4 is 5.91 Å². The zero-order chi connectivity index (χ0) is 16.2. The molecule has 1 aromatic rings. The third kappa shape index (κ3) is 3.48. The fourth-order valence-electron chi connectivity index (χ4n) is 3.56. The Kier molecular flexibility index (Phi) is 5.13. The molecule has 1 aromatic heterocycles. The van der Waals surface area contributed by atoms with Gasteiger partial charge in [0.1, 0.15) is 11.4 Å². The van der Waals surface area contributed by atoms with Gasteiger partial charge in [0, 0.05) is 44.5 Å². The lowest BCUT2D eigenvalue weighted by molar-refractivity contribution is 0.0102. The Balaban J connectivity index is 1.71. The van der Waals surface area contributed by atoms with Gasteiger partial charge in [-0.25, -0.2) is 0 Å². The summed E-state index contributed by atoms with van der Waals surface area (Å²) in [5, 5.41) is 0. The first-order valence-electron chi connectivity index (χ1n) is 8.34. The Morgan fingerprint density at radius 2 is 2.17 bits per heavy atom. The standard InChI is InChI=1S/C17H25N3O3/c1-3-13-11-20(12-16(13)19-6-8-23-9-7-19)17(21)15-10-14(22-2)4-5-18-15/h4-5,10,13,16H,3,6-9,11-12H2,1-2H3/t13-,16+/m0/s1. The number of amides is 1. The molecule has 0 unspecified atom stereocenters. The number of methoxy groups -OCH3 is 1. The molecule has 126 valence electrons. The number of aromatic nitrogens is 1. The van der Waals surface area contributed by atoms with Gasteiger partial charge in [0.2, 0.25) is 0 Å². The second-order valence-electron chi connectivity index (χ2n) is 6.18. The molecule has 2 saturated heterocycles. The summed E-state index contributed by atoms with van der Waals surface area (Å²) in [7, 11) is 1.60. The maximum atomic E-state index is 12.8. The number of carbonyl (C=O) groups is 1. The lowest BCUT2D eigenvalue weighted by Crippen LogP contribution is -2.47. The number of carbonyl (C=O) groups excluding carboxylic acids is 1. The van der Waals surface area contributed by atoms with Crippen molar-refractivity contribution in [1.29, 1.82) is 0 Å². The predicted molar refractivity (Wildman–Crippen MR) is 86.7 cm³/mol. The summed E-state index contributed by atoms with van der Waals surface area (Å²) in [6, 6.07) is 3.90. The van der Waals surface area contributed by atoms with Crippen LogP contribution in [0.5, 0.6) is 5.75 Å². The minimum atomic E-state index is -0.00175. The summed E-state index contributed by atoms with van der Waals surface area (Å²) in [5.41, 5.74) is 0.460. The topological polar surface area (TPSA) is 54.9 Å². The molecule has 1 amide bonds. The van der Waals surface area contributed by atoms with Crippen LogP contribution >= 0.6 is 0 Å². The summed E-state index contributed by atoms with van der Waals surface area (Å²) in [6.45, 7) is 7.28. The number of ether oxygens (including phenoxy) is 2. The minimum Gasteiger partial charge on any atom is -0.497 e. The first kappa shape index (κ1) is 16.2. The monoisotopic (exact) mass is 319 g/mol. The average Bonchev–Trinajstić information content (AvgIpc) is 3.06. The highest BCUT2D eigenvalue weighted by Crippen LogP contribution is 2.27. The number of hydrogen-bond acceptors (Lipinski definition) is 5. The molecule has 0 saturated carbocycles. The highest BCUT2D eigenvalue weighted by Gasteiger charge is 2.38. The van der Waals surface area contributed by atoms with Gasteiger partial charge in [0.25, 0.3) is 5.91 Å². The predicted octanol–water partition coefficient (Wildman–Crippen LogP) is 1.27. The van der Waals surface area contributed by atoms with E-state index in [1.54, 1.807) is 25.4 Å². The fraction of sp³-hybridized carbons (Fsp3) is 0.647. The molecule has 3 rings (SSSR count). The van der Waals surface area contributed by atoms with Gasteiger partial charge in [0.15, 0.2) is 0 Å². The van der Waals surface area contributed by atoms with Gasteiger partial charge >= 0.3 is 0 Å². The molecular formula is C17H25N3O3. The van der Waals surface area contributed by atoms with Gasteiger partial charge in [-0.1, -0.05) is 13.3 Å². The zero-order valence-corrected chi connectivity index (χ0v) is 13.9. The van der Waals surface area contributed by atoms with Crippen LogP contribution in [-0.4, -0.2) is 73.2 Å². The van der Waals surface area contributed by atoms with E-state index in [2.05, 4.69) is 16.8 Å². The Hall–Kier alpha value is -1.66. The van der Waals surface area contributed by atoms with Crippen LogP contribution < -0.4 is 4.74 Å². The van der Waals surface area contributed by atoms with E-state index in [-0.39, 0.29) is 5.91 Å². The Morgan fingerprint density at radius 1 is 1.39 bits per heavy atom. The first-order valence-corrected chi connectivity index (χ1v) is 8.34. The van der Waals surface area contributed by atoms with Crippen LogP contribution in [0.25, 0.3) is 0 Å². The van der Waals surface area contributed by atoms with Gasteiger partial charge < -0.3 is 14.4 Å². The van der Waals surface area contributed by atoms with Crippen molar-refractivity contribution in [3.63, 3.8) is 0 Å². The minimum absolute atomic E-state index is 0.00175. The van der Waals surface area contributed by atoms with Gasteiger partial charge in [-0.2, -0.15) is 0 Å². The molecule has 0 aliphatic carbocycles.